The van der Waals surface area contributed by atoms with Crippen molar-refractivity contribution in [3.8, 4) is 16.8 Å². The number of carbonyl (C=O) groups excluding carboxylic acids is 2. The summed E-state index contributed by atoms with van der Waals surface area (Å²) in [6.07, 6.45) is 0.171. The molecule has 1 aliphatic rings. The Morgan fingerprint density at radius 1 is 1.05 bits per heavy atom. The molecule has 4 N–H and O–H groups in total. The van der Waals surface area contributed by atoms with Crippen LogP contribution in [0.4, 0.5) is 5.69 Å². The molecular formula is C31H30ClN7O2S. The summed E-state index contributed by atoms with van der Waals surface area (Å²) in [6, 6.07) is 14.1. The number of hydrogen-bond acceptors (Lipinski definition) is 7. The number of hydrogen-bond donors (Lipinski definition) is 3. The molecule has 0 radical (unpaired) electrons. The molecule has 3 heterocycles. The Morgan fingerprint density at radius 2 is 1.79 bits per heavy atom. The van der Waals surface area contributed by atoms with Gasteiger partial charge in [-0.1, -0.05) is 35.6 Å². The molecule has 4 aromatic rings. The third-order valence-corrected chi connectivity index (χ3v) is 8.36. The minimum atomic E-state index is -0.578. The lowest BCUT2D eigenvalue weighted by Gasteiger charge is -2.13. The van der Waals surface area contributed by atoms with E-state index in [1.165, 1.54) is 4.88 Å². The van der Waals surface area contributed by atoms with Crippen molar-refractivity contribution in [1.29, 1.82) is 0 Å². The van der Waals surface area contributed by atoms with Gasteiger partial charge in [-0.25, -0.2) is 0 Å². The molecule has 1 aliphatic heterocycles. The lowest BCUT2D eigenvalue weighted by atomic mass is 9.99. The molecule has 9 nitrogen and oxygen atoms in total. The van der Waals surface area contributed by atoms with Crippen LogP contribution in [-0.4, -0.2) is 45.4 Å². The van der Waals surface area contributed by atoms with Gasteiger partial charge in [0, 0.05) is 45.2 Å². The van der Waals surface area contributed by atoms with Crippen LogP contribution in [0.15, 0.2) is 53.5 Å². The lowest BCUT2D eigenvalue weighted by Crippen LogP contribution is -2.29. The van der Waals surface area contributed by atoms with Crippen molar-refractivity contribution in [2.24, 2.45) is 10.7 Å². The number of fused-ring (bicyclic) bond motifs is 3. The van der Waals surface area contributed by atoms with E-state index in [4.69, 9.17) is 22.3 Å². The minimum absolute atomic E-state index is 0.0507. The summed E-state index contributed by atoms with van der Waals surface area (Å²) in [4.78, 5) is 31.9. The van der Waals surface area contributed by atoms with E-state index in [2.05, 4.69) is 46.5 Å². The number of amides is 2. The Morgan fingerprint density at radius 3 is 2.50 bits per heavy atom. The zero-order valence-corrected chi connectivity index (χ0v) is 25.1. The summed E-state index contributed by atoms with van der Waals surface area (Å²) < 4.78 is 2.00. The van der Waals surface area contributed by atoms with Gasteiger partial charge in [-0.05, 0) is 62.7 Å². The van der Waals surface area contributed by atoms with Gasteiger partial charge in [-0.15, -0.1) is 21.5 Å². The highest BCUT2D eigenvalue weighted by atomic mass is 35.5. The van der Waals surface area contributed by atoms with E-state index in [-0.39, 0.29) is 37.7 Å². The zero-order chi connectivity index (χ0) is 29.8. The summed E-state index contributed by atoms with van der Waals surface area (Å²) in [6.45, 7) is 6.53. The first-order valence-corrected chi connectivity index (χ1v) is 14.7. The number of nitrogens with two attached hydrogens (primary N) is 1. The van der Waals surface area contributed by atoms with Crippen molar-refractivity contribution in [3.05, 3.63) is 92.3 Å². The topological polar surface area (TPSA) is 127 Å². The highest BCUT2D eigenvalue weighted by Crippen LogP contribution is 2.39. The van der Waals surface area contributed by atoms with Gasteiger partial charge in [-0.2, -0.15) is 0 Å². The van der Waals surface area contributed by atoms with Crippen molar-refractivity contribution in [2.45, 2.75) is 39.7 Å². The molecule has 42 heavy (non-hydrogen) atoms. The Bertz CT molecular complexity index is 1730. The van der Waals surface area contributed by atoms with Crippen LogP contribution in [0.25, 0.3) is 5.00 Å². The fraction of sp³-hybridized carbons (Fsp3) is 0.258. The van der Waals surface area contributed by atoms with Gasteiger partial charge < -0.3 is 16.4 Å². The average Bonchev–Trinajstić information content (AvgIpc) is 3.45. The van der Waals surface area contributed by atoms with Gasteiger partial charge in [0.15, 0.2) is 5.82 Å². The average molecular weight is 600 g/mol. The molecule has 0 spiro atoms. The molecule has 1 atom stereocenters. The van der Waals surface area contributed by atoms with Crippen molar-refractivity contribution < 1.29 is 9.59 Å². The Balaban J connectivity index is 1.31. The monoisotopic (exact) mass is 599 g/mol. The van der Waals surface area contributed by atoms with Crippen LogP contribution in [-0.2, 0) is 9.59 Å². The molecule has 214 valence electrons. The summed E-state index contributed by atoms with van der Waals surface area (Å²) in [5.74, 6) is 6.61. The number of rotatable bonds is 7. The van der Waals surface area contributed by atoms with Crippen molar-refractivity contribution in [2.75, 3.05) is 18.4 Å². The summed E-state index contributed by atoms with van der Waals surface area (Å²) in [5.41, 5.74) is 10.7. The van der Waals surface area contributed by atoms with Gasteiger partial charge >= 0.3 is 0 Å². The van der Waals surface area contributed by atoms with Crippen LogP contribution < -0.4 is 16.4 Å². The quantitative estimate of drug-likeness (QED) is 0.267. The first-order valence-electron chi connectivity index (χ1n) is 13.5. The van der Waals surface area contributed by atoms with Crippen LogP contribution in [0.2, 0.25) is 5.02 Å². The van der Waals surface area contributed by atoms with Gasteiger partial charge in [-0.3, -0.25) is 19.1 Å². The molecule has 0 bridgehead atoms. The Labute approximate surface area is 253 Å². The van der Waals surface area contributed by atoms with Gasteiger partial charge in [0.25, 0.3) is 0 Å². The number of carbonyl (C=O) groups is 2. The predicted molar refractivity (Wildman–Crippen MR) is 167 cm³/mol. The number of nitrogens with one attached hydrogen (secondary N) is 2. The maximum atomic E-state index is 13.1. The highest BCUT2D eigenvalue weighted by molar-refractivity contribution is 7.15. The fourth-order valence-corrected chi connectivity index (χ4v) is 6.05. The number of benzene rings is 2. The third-order valence-electron chi connectivity index (χ3n) is 6.91. The van der Waals surface area contributed by atoms with E-state index in [9.17, 15) is 9.59 Å². The largest absolute Gasteiger partial charge is 0.356 e. The van der Waals surface area contributed by atoms with E-state index >= 15 is 0 Å². The molecule has 0 saturated carbocycles. The summed E-state index contributed by atoms with van der Waals surface area (Å²) in [7, 11) is 0. The molecule has 2 aromatic heterocycles. The standard InChI is InChI=1S/C31H30ClN7O2S/c1-18-19(2)42-31-28(18)29(22-8-10-23(32)11-9-22)36-25(30-38-37-20(3)39(30)31)17-27(41)34-16-14-26(40)35-24-12-6-21(7-13-24)5-4-15-33/h6-13,25H,14-17,33H2,1-3H3,(H,34,41)(H,35,40). The number of thiophene rings is 1. The van der Waals surface area contributed by atoms with E-state index in [1.54, 1.807) is 23.5 Å². The van der Waals surface area contributed by atoms with Crippen molar-refractivity contribution in [1.82, 2.24) is 20.1 Å². The SMILES string of the molecule is Cc1sc2c(c1C)C(c1ccc(Cl)cc1)=NC(CC(=O)NCCC(=O)Nc1ccc(C#CCN)cc1)c1nnc(C)n1-2. The number of aliphatic imine (C=N–C) groups is 1. The zero-order valence-electron chi connectivity index (χ0n) is 23.5. The molecule has 2 amide bonds. The van der Waals surface area contributed by atoms with Crippen LogP contribution in [0.1, 0.15) is 57.7 Å². The number of aryl methyl sites for hydroxylation is 2. The van der Waals surface area contributed by atoms with Crippen molar-refractivity contribution >= 4 is 46.2 Å². The maximum absolute atomic E-state index is 13.1. The second kappa shape index (κ2) is 12.7. The second-order valence-corrected chi connectivity index (χ2v) is 11.5. The Kier molecular flexibility index (Phi) is 8.83. The number of nitrogens with zero attached hydrogens (tertiary/aromatic N) is 4. The van der Waals surface area contributed by atoms with Gasteiger partial charge in [0.05, 0.1) is 18.7 Å². The van der Waals surface area contributed by atoms with Crippen LogP contribution in [0, 0.1) is 32.6 Å². The third kappa shape index (κ3) is 6.29. The lowest BCUT2D eigenvalue weighted by molar-refractivity contribution is -0.121. The fourth-order valence-electron chi connectivity index (χ4n) is 4.71. The van der Waals surface area contributed by atoms with E-state index in [1.807, 2.05) is 47.9 Å². The number of anilines is 1. The normalized spacial score (nSPS) is 13.6. The smallest absolute Gasteiger partial charge is 0.226 e. The Hall–Kier alpha value is -4.30. The summed E-state index contributed by atoms with van der Waals surface area (Å²) >= 11 is 7.84. The highest BCUT2D eigenvalue weighted by Gasteiger charge is 2.32. The van der Waals surface area contributed by atoms with E-state index in [0.29, 0.717) is 16.5 Å². The van der Waals surface area contributed by atoms with Crippen LogP contribution >= 0.6 is 22.9 Å². The van der Waals surface area contributed by atoms with Crippen molar-refractivity contribution in [3.63, 3.8) is 0 Å². The first kappa shape index (κ1) is 29.2. The van der Waals surface area contributed by atoms with Crippen LogP contribution in [0.3, 0.4) is 0 Å². The van der Waals surface area contributed by atoms with E-state index < -0.39 is 6.04 Å². The van der Waals surface area contributed by atoms with Gasteiger partial charge in [0.1, 0.15) is 16.9 Å². The molecular weight excluding hydrogens is 570 g/mol. The predicted octanol–water partition coefficient (Wildman–Crippen LogP) is 4.64. The van der Waals surface area contributed by atoms with E-state index in [0.717, 1.165) is 38.8 Å². The molecule has 5 rings (SSSR count). The number of halogens is 1. The number of aromatic nitrogens is 3. The first-order chi connectivity index (χ1) is 20.2. The molecule has 11 heteroatoms. The molecule has 0 fully saturated rings. The van der Waals surface area contributed by atoms with Crippen LogP contribution in [0.5, 0.6) is 0 Å². The van der Waals surface area contributed by atoms with Gasteiger partial charge in [0.2, 0.25) is 11.8 Å². The molecule has 0 aliphatic carbocycles. The summed E-state index contributed by atoms with van der Waals surface area (Å²) in [5, 5.41) is 16.1. The minimum Gasteiger partial charge on any atom is -0.356 e. The molecule has 2 aromatic carbocycles. The maximum Gasteiger partial charge on any atom is 0.226 e. The second-order valence-electron chi connectivity index (χ2n) is 9.84. The molecule has 1 unspecified atom stereocenters. The molecule has 0 saturated heterocycles.